The first kappa shape index (κ1) is 21.1. The Morgan fingerprint density at radius 2 is 1.84 bits per heavy atom. The molecule has 0 aliphatic rings. The van der Waals surface area contributed by atoms with Crippen molar-refractivity contribution in [2.45, 2.75) is 20.3 Å². The van der Waals surface area contributed by atoms with Crippen LogP contribution in [0.3, 0.4) is 0 Å². The van der Waals surface area contributed by atoms with Crippen LogP contribution < -0.4 is 9.47 Å². The van der Waals surface area contributed by atoms with E-state index in [0.717, 1.165) is 6.42 Å². The average Bonchev–Trinajstić information content (AvgIpc) is 2.54. The number of ether oxygens (including phenoxy) is 2. The van der Waals surface area contributed by atoms with Gasteiger partial charge in [0, 0.05) is 26.7 Å². The van der Waals surface area contributed by atoms with Crippen molar-refractivity contribution in [3.63, 3.8) is 0 Å². The van der Waals surface area contributed by atoms with Gasteiger partial charge in [0.2, 0.25) is 5.91 Å². The second-order valence-electron chi connectivity index (χ2n) is 6.47. The van der Waals surface area contributed by atoms with Gasteiger partial charge in [-0.25, -0.2) is 0 Å². The first-order valence-electron chi connectivity index (χ1n) is 8.13. The van der Waals surface area contributed by atoms with Gasteiger partial charge in [0.1, 0.15) is 0 Å². The van der Waals surface area contributed by atoms with Crippen LogP contribution in [0.15, 0.2) is 12.1 Å². The predicted octanol–water partition coefficient (Wildman–Crippen LogP) is 2.93. The van der Waals surface area contributed by atoms with Gasteiger partial charge in [-0.05, 0) is 24.5 Å². The van der Waals surface area contributed by atoms with E-state index in [9.17, 15) is 9.59 Å². The minimum atomic E-state index is -0.316. The highest BCUT2D eigenvalue weighted by atomic mass is 35.5. The Balaban J connectivity index is 2.96. The van der Waals surface area contributed by atoms with E-state index in [1.807, 2.05) is 0 Å². The second kappa shape index (κ2) is 9.51. The first-order chi connectivity index (χ1) is 11.7. The molecule has 1 aromatic carbocycles. The molecule has 140 valence electrons. The van der Waals surface area contributed by atoms with Gasteiger partial charge in [0.15, 0.2) is 11.5 Å². The Labute approximate surface area is 154 Å². The SMILES string of the molecule is COc1cc(C(=O)N(C)CC(=O)N(C)C)cc(Cl)c1OCCC(C)C. The molecule has 0 fully saturated rings. The molecule has 0 N–H and O–H groups in total. The third-order valence-corrected chi connectivity index (χ3v) is 3.92. The third kappa shape index (κ3) is 6.12. The van der Waals surface area contributed by atoms with Crippen LogP contribution in [-0.4, -0.2) is 63.0 Å². The lowest BCUT2D eigenvalue weighted by Crippen LogP contribution is -2.37. The fourth-order valence-electron chi connectivity index (χ4n) is 2.02. The fraction of sp³-hybridized carbons (Fsp3) is 0.556. The summed E-state index contributed by atoms with van der Waals surface area (Å²) < 4.78 is 11.0. The zero-order valence-corrected chi connectivity index (χ0v) is 16.5. The molecule has 0 heterocycles. The largest absolute Gasteiger partial charge is 0.493 e. The van der Waals surface area contributed by atoms with Crippen molar-refractivity contribution in [2.75, 3.05) is 41.4 Å². The molecule has 0 unspecified atom stereocenters. The van der Waals surface area contributed by atoms with Crippen molar-refractivity contribution in [3.05, 3.63) is 22.7 Å². The Morgan fingerprint density at radius 1 is 1.20 bits per heavy atom. The van der Waals surface area contributed by atoms with E-state index in [1.54, 1.807) is 27.2 Å². The molecular formula is C18H27ClN2O4. The summed E-state index contributed by atoms with van der Waals surface area (Å²) in [7, 11) is 6.35. The van der Waals surface area contributed by atoms with Gasteiger partial charge in [-0.3, -0.25) is 9.59 Å². The van der Waals surface area contributed by atoms with Crippen LogP contribution in [0, 0.1) is 5.92 Å². The molecule has 1 aromatic rings. The monoisotopic (exact) mass is 370 g/mol. The van der Waals surface area contributed by atoms with E-state index in [-0.39, 0.29) is 18.4 Å². The van der Waals surface area contributed by atoms with E-state index in [1.165, 1.54) is 23.0 Å². The van der Waals surface area contributed by atoms with Crippen LogP contribution >= 0.6 is 11.6 Å². The summed E-state index contributed by atoms with van der Waals surface area (Å²) in [4.78, 5) is 27.1. The average molecular weight is 371 g/mol. The molecule has 2 amide bonds. The van der Waals surface area contributed by atoms with E-state index in [2.05, 4.69) is 13.8 Å². The van der Waals surface area contributed by atoms with Gasteiger partial charge in [-0.1, -0.05) is 25.4 Å². The van der Waals surface area contributed by atoms with Gasteiger partial charge in [-0.2, -0.15) is 0 Å². The number of halogens is 1. The minimum Gasteiger partial charge on any atom is -0.493 e. The summed E-state index contributed by atoms with van der Waals surface area (Å²) in [5.41, 5.74) is 0.340. The van der Waals surface area contributed by atoms with E-state index >= 15 is 0 Å². The van der Waals surface area contributed by atoms with Crippen molar-refractivity contribution in [1.82, 2.24) is 9.80 Å². The Bertz CT molecular complexity index is 617. The highest BCUT2D eigenvalue weighted by molar-refractivity contribution is 6.32. The van der Waals surface area contributed by atoms with Crippen LogP contribution in [0.25, 0.3) is 0 Å². The molecule has 0 bridgehead atoms. The van der Waals surface area contributed by atoms with Crippen molar-refractivity contribution in [3.8, 4) is 11.5 Å². The summed E-state index contributed by atoms with van der Waals surface area (Å²) in [5, 5.41) is 0.304. The number of methoxy groups -OCH3 is 1. The number of benzene rings is 1. The zero-order valence-electron chi connectivity index (χ0n) is 15.8. The molecule has 0 aliphatic heterocycles. The van der Waals surface area contributed by atoms with Crippen molar-refractivity contribution < 1.29 is 19.1 Å². The number of hydrogen-bond acceptors (Lipinski definition) is 4. The van der Waals surface area contributed by atoms with Gasteiger partial charge >= 0.3 is 0 Å². The maximum Gasteiger partial charge on any atom is 0.254 e. The first-order valence-corrected chi connectivity index (χ1v) is 8.51. The molecule has 25 heavy (non-hydrogen) atoms. The van der Waals surface area contributed by atoms with Crippen LogP contribution in [0.4, 0.5) is 0 Å². The number of carbonyl (C=O) groups excluding carboxylic acids is 2. The number of likely N-dealkylation sites (N-methyl/N-ethyl adjacent to an activating group) is 2. The second-order valence-corrected chi connectivity index (χ2v) is 6.88. The van der Waals surface area contributed by atoms with Crippen molar-refractivity contribution in [1.29, 1.82) is 0 Å². The number of rotatable bonds is 8. The van der Waals surface area contributed by atoms with Crippen LogP contribution in [0.5, 0.6) is 11.5 Å². The van der Waals surface area contributed by atoms with E-state index in [4.69, 9.17) is 21.1 Å². The van der Waals surface area contributed by atoms with Gasteiger partial charge in [-0.15, -0.1) is 0 Å². The lowest BCUT2D eigenvalue weighted by molar-refractivity contribution is -0.129. The number of amides is 2. The third-order valence-electron chi connectivity index (χ3n) is 3.64. The van der Waals surface area contributed by atoms with Crippen molar-refractivity contribution in [2.24, 2.45) is 5.92 Å². The van der Waals surface area contributed by atoms with Gasteiger partial charge in [0.25, 0.3) is 5.91 Å². The molecule has 0 spiro atoms. The number of nitrogens with zero attached hydrogens (tertiary/aromatic N) is 2. The van der Waals surface area contributed by atoms with Crippen molar-refractivity contribution >= 4 is 23.4 Å². The molecular weight excluding hydrogens is 344 g/mol. The maximum atomic E-state index is 12.5. The number of carbonyl (C=O) groups is 2. The van der Waals surface area contributed by atoms with E-state index < -0.39 is 0 Å². The Kier molecular flexibility index (Phi) is 8.03. The Morgan fingerprint density at radius 3 is 2.36 bits per heavy atom. The Hall–Kier alpha value is -1.95. The van der Waals surface area contributed by atoms with E-state index in [0.29, 0.717) is 34.6 Å². The standard InChI is InChI=1S/C18H27ClN2O4/c1-12(2)7-8-25-17-14(19)9-13(10-15(17)24-6)18(23)21(5)11-16(22)20(3)4/h9-10,12H,7-8,11H2,1-6H3. The highest BCUT2D eigenvalue weighted by Crippen LogP contribution is 2.37. The van der Waals surface area contributed by atoms with Gasteiger partial charge in [0.05, 0.1) is 25.3 Å². The maximum absolute atomic E-state index is 12.5. The predicted molar refractivity (Wildman–Crippen MR) is 98.6 cm³/mol. The highest BCUT2D eigenvalue weighted by Gasteiger charge is 2.20. The normalized spacial score (nSPS) is 10.6. The lowest BCUT2D eigenvalue weighted by atomic mass is 10.1. The van der Waals surface area contributed by atoms with Gasteiger partial charge < -0.3 is 19.3 Å². The molecule has 6 nitrogen and oxygen atoms in total. The summed E-state index contributed by atoms with van der Waals surface area (Å²) >= 11 is 6.28. The molecule has 0 aromatic heterocycles. The van der Waals surface area contributed by atoms with Crippen LogP contribution in [0.2, 0.25) is 5.02 Å². The topological polar surface area (TPSA) is 59.1 Å². The van der Waals surface area contributed by atoms with Crippen LogP contribution in [0.1, 0.15) is 30.6 Å². The molecule has 0 saturated carbocycles. The smallest absolute Gasteiger partial charge is 0.254 e. The molecule has 7 heteroatoms. The summed E-state index contributed by atoms with van der Waals surface area (Å²) in [6.07, 6.45) is 0.884. The molecule has 0 aliphatic carbocycles. The molecule has 0 atom stereocenters. The fourth-order valence-corrected chi connectivity index (χ4v) is 2.28. The molecule has 1 rings (SSSR count). The van der Waals surface area contributed by atoms with Crippen LogP contribution in [-0.2, 0) is 4.79 Å². The zero-order chi connectivity index (χ0) is 19.1. The summed E-state index contributed by atoms with van der Waals surface area (Å²) in [6.45, 7) is 4.71. The lowest BCUT2D eigenvalue weighted by Gasteiger charge is -2.20. The molecule has 0 saturated heterocycles. The summed E-state index contributed by atoms with van der Waals surface area (Å²) in [6, 6.07) is 3.11. The quantitative estimate of drug-likeness (QED) is 0.706. The minimum absolute atomic E-state index is 0.0155. The summed E-state index contributed by atoms with van der Waals surface area (Å²) in [5.74, 6) is 0.848. The molecule has 0 radical (unpaired) electrons. The number of hydrogen-bond donors (Lipinski definition) is 0.